The van der Waals surface area contributed by atoms with Gasteiger partial charge >= 0.3 is 24.3 Å². The molecule has 1 amide bonds. The molecule has 1 aromatic heterocycles. The third-order valence-corrected chi connectivity index (χ3v) is 6.16. The lowest BCUT2D eigenvalue weighted by Crippen LogP contribution is -2.44. The van der Waals surface area contributed by atoms with E-state index < -0.39 is 24.3 Å². The monoisotopic (exact) mass is 559 g/mol. The molecule has 2 fully saturated rings. The lowest BCUT2D eigenvalue weighted by molar-refractivity contribution is -0.193. The normalized spacial score (nSPS) is 19.2. The third-order valence-electron chi connectivity index (χ3n) is 6.16. The number of aliphatic carboxylic acids is 2. The predicted molar refractivity (Wildman–Crippen MR) is 121 cm³/mol. The van der Waals surface area contributed by atoms with Gasteiger partial charge in [0.25, 0.3) is 0 Å². The highest BCUT2D eigenvalue weighted by molar-refractivity contribution is 5.76. The van der Waals surface area contributed by atoms with Crippen molar-refractivity contribution in [1.29, 1.82) is 0 Å². The van der Waals surface area contributed by atoms with Crippen LogP contribution in [0, 0.1) is 5.41 Å². The Morgan fingerprint density at radius 2 is 1.61 bits per heavy atom. The van der Waals surface area contributed by atoms with Crippen molar-refractivity contribution in [3.05, 3.63) is 30.1 Å². The average molecular weight is 560 g/mol. The maximum Gasteiger partial charge on any atom is 0.490 e. The van der Waals surface area contributed by atoms with Crippen molar-refractivity contribution in [2.75, 3.05) is 33.4 Å². The summed E-state index contributed by atoms with van der Waals surface area (Å²) in [5.41, 5.74) is 1.60. The second-order valence-electron chi connectivity index (χ2n) is 8.92. The van der Waals surface area contributed by atoms with Gasteiger partial charge in [0, 0.05) is 58.1 Å². The molecule has 2 N–H and O–H groups in total. The highest BCUT2D eigenvalue weighted by Gasteiger charge is 2.45. The minimum absolute atomic E-state index is 0.295. The molecule has 15 heteroatoms. The molecule has 1 unspecified atom stereocenters. The number of alkyl halides is 6. The lowest BCUT2D eigenvalue weighted by Gasteiger charge is -2.39. The summed E-state index contributed by atoms with van der Waals surface area (Å²) in [6, 6.07) is 4.61. The Labute approximate surface area is 215 Å². The topological polar surface area (TPSA) is 120 Å². The molecule has 1 spiro atoms. The largest absolute Gasteiger partial charge is 0.490 e. The third kappa shape index (κ3) is 10.8. The Morgan fingerprint density at radius 3 is 2.00 bits per heavy atom. The van der Waals surface area contributed by atoms with Crippen LogP contribution in [0.3, 0.4) is 0 Å². The maximum atomic E-state index is 11.9. The first kappa shape index (κ1) is 33.1. The summed E-state index contributed by atoms with van der Waals surface area (Å²) in [5.74, 6) is -5.22. The number of halogens is 6. The van der Waals surface area contributed by atoms with E-state index in [1.807, 2.05) is 30.3 Å². The van der Waals surface area contributed by atoms with Crippen LogP contribution in [0.15, 0.2) is 24.5 Å². The number of carboxylic acids is 2. The first-order valence-corrected chi connectivity index (χ1v) is 11.5. The first-order chi connectivity index (χ1) is 17.5. The minimum Gasteiger partial charge on any atom is -0.475 e. The number of amides is 1. The number of aromatic nitrogens is 1. The van der Waals surface area contributed by atoms with Crippen LogP contribution >= 0.6 is 0 Å². The molecule has 2 saturated heterocycles. The highest BCUT2D eigenvalue weighted by atomic mass is 19.4. The molecule has 2 aliphatic heterocycles. The van der Waals surface area contributed by atoms with Crippen LogP contribution in [0.5, 0.6) is 0 Å². The Hall–Kier alpha value is -2.94. The molecule has 38 heavy (non-hydrogen) atoms. The summed E-state index contributed by atoms with van der Waals surface area (Å²) in [6.45, 7) is 6.58. The number of hydrogen-bond acceptors (Lipinski definition) is 6. The molecule has 1 aromatic rings. The van der Waals surface area contributed by atoms with Gasteiger partial charge in [-0.25, -0.2) is 9.59 Å². The smallest absolute Gasteiger partial charge is 0.475 e. The van der Waals surface area contributed by atoms with Crippen LogP contribution < -0.4 is 0 Å². The van der Waals surface area contributed by atoms with Gasteiger partial charge in [-0.2, -0.15) is 26.3 Å². The molecule has 2 aliphatic rings. The molecule has 1 atom stereocenters. The van der Waals surface area contributed by atoms with Crippen LogP contribution in [0.2, 0.25) is 0 Å². The van der Waals surface area contributed by atoms with Gasteiger partial charge in [-0.05, 0) is 36.3 Å². The molecule has 9 nitrogen and oxygen atoms in total. The molecular formula is C23H31F6N3O6. The molecule has 216 valence electrons. The van der Waals surface area contributed by atoms with Gasteiger partial charge in [-0.1, -0.05) is 13.0 Å². The molecule has 0 aromatic carbocycles. The van der Waals surface area contributed by atoms with Gasteiger partial charge in [0.05, 0.1) is 6.61 Å². The molecule has 3 rings (SSSR count). The van der Waals surface area contributed by atoms with Gasteiger partial charge in [-0.3, -0.25) is 14.7 Å². The predicted octanol–water partition coefficient (Wildman–Crippen LogP) is 3.59. The second-order valence-corrected chi connectivity index (χ2v) is 8.92. The summed E-state index contributed by atoms with van der Waals surface area (Å²) in [7, 11) is 1.79. The zero-order chi connectivity index (χ0) is 29.1. The highest BCUT2D eigenvalue weighted by Crippen LogP contribution is 2.44. The number of ether oxygens (including phenoxy) is 1. The van der Waals surface area contributed by atoms with Gasteiger partial charge < -0.3 is 19.8 Å². The first-order valence-electron chi connectivity index (χ1n) is 11.5. The maximum absolute atomic E-state index is 11.9. The van der Waals surface area contributed by atoms with E-state index in [0.717, 1.165) is 45.6 Å². The van der Waals surface area contributed by atoms with Crippen LogP contribution in [-0.4, -0.2) is 94.6 Å². The van der Waals surface area contributed by atoms with E-state index in [4.69, 9.17) is 24.5 Å². The number of pyridine rings is 1. The van der Waals surface area contributed by atoms with Crippen LogP contribution in [0.4, 0.5) is 26.3 Å². The van der Waals surface area contributed by atoms with E-state index in [9.17, 15) is 31.1 Å². The van der Waals surface area contributed by atoms with E-state index in [1.165, 1.54) is 12.0 Å². The molecule has 0 bridgehead atoms. The Bertz CT molecular complexity index is 881. The van der Waals surface area contributed by atoms with Gasteiger partial charge in [-0.15, -0.1) is 0 Å². The van der Waals surface area contributed by atoms with Crippen molar-refractivity contribution < 1.29 is 55.7 Å². The van der Waals surface area contributed by atoms with Crippen molar-refractivity contribution in [2.45, 2.75) is 57.5 Å². The Morgan fingerprint density at radius 1 is 1.08 bits per heavy atom. The van der Waals surface area contributed by atoms with Gasteiger partial charge in [0.15, 0.2) is 0 Å². The van der Waals surface area contributed by atoms with E-state index in [1.54, 1.807) is 7.11 Å². The number of nitrogens with zero attached hydrogens (tertiary/aromatic N) is 3. The number of rotatable bonds is 5. The van der Waals surface area contributed by atoms with Crippen molar-refractivity contribution in [3.63, 3.8) is 0 Å². The van der Waals surface area contributed by atoms with Crippen molar-refractivity contribution in [1.82, 2.24) is 14.8 Å². The fourth-order valence-electron chi connectivity index (χ4n) is 4.34. The van der Waals surface area contributed by atoms with Gasteiger partial charge in [0.1, 0.15) is 0 Å². The summed E-state index contributed by atoms with van der Waals surface area (Å²) < 4.78 is 69.0. The second kappa shape index (κ2) is 14.3. The number of hydrogen-bond donors (Lipinski definition) is 2. The molecule has 3 heterocycles. The van der Waals surface area contributed by atoms with E-state index in [2.05, 4.69) is 16.0 Å². The summed E-state index contributed by atoms with van der Waals surface area (Å²) in [5, 5.41) is 14.2. The van der Waals surface area contributed by atoms with E-state index in [-0.39, 0.29) is 0 Å². The molecule has 0 saturated carbocycles. The summed E-state index contributed by atoms with van der Waals surface area (Å²) in [4.78, 5) is 38.6. The SMILES string of the molecule is CCC(=O)N1CCC2(CC1)CC(COC)N(Cc1cccnc1)C2.O=C(O)C(F)(F)F.O=C(O)C(F)(F)F. The number of carboxylic acid groups (broad SMARTS) is 2. The standard InChI is InChI=1S/C19H29N3O2.2C2HF3O2/c1-3-18(23)21-9-6-19(7-10-21)11-17(14-24-2)22(15-19)13-16-5-4-8-20-12-16;2*3-2(4,5)1(6)7/h4-5,8,12,17H,3,6-7,9-11,13-15H2,1-2H3;2*(H,6,7). The van der Waals surface area contributed by atoms with Crippen LogP contribution in [0.1, 0.15) is 38.2 Å². The fraction of sp³-hybridized carbons (Fsp3) is 0.652. The minimum atomic E-state index is -5.08. The zero-order valence-electron chi connectivity index (χ0n) is 20.9. The molecule has 0 radical (unpaired) electrons. The number of carbonyl (C=O) groups is 3. The number of likely N-dealkylation sites (tertiary alicyclic amines) is 2. The Balaban J connectivity index is 0.000000426. The number of piperidine rings is 1. The summed E-state index contributed by atoms with van der Waals surface area (Å²) in [6.07, 6.45) is -2.37. The zero-order valence-corrected chi connectivity index (χ0v) is 20.9. The van der Waals surface area contributed by atoms with E-state index >= 15 is 0 Å². The number of carbonyl (C=O) groups excluding carboxylic acids is 1. The van der Waals surface area contributed by atoms with Crippen LogP contribution in [-0.2, 0) is 25.7 Å². The molecule has 0 aliphatic carbocycles. The van der Waals surface area contributed by atoms with Gasteiger partial charge in [0.2, 0.25) is 5.91 Å². The van der Waals surface area contributed by atoms with Crippen molar-refractivity contribution >= 4 is 17.8 Å². The number of methoxy groups -OCH3 is 1. The summed E-state index contributed by atoms with van der Waals surface area (Å²) >= 11 is 0. The van der Waals surface area contributed by atoms with Crippen LogP contribution in [0.25, 0.3) is 0 Å². The fourth-order valence-corrected chi connectivity index (χ4v) is 4.34. The quantitative estimate of drug-likeness (QED) is 0.526. The molecular weight excluding hydrogens is 528 g/mol. The van der Waals surface area contributed by atoms with Crippen molar-refractivity contribution in [3.8, 4) is 0 Å². The van der Waals surface area contributed by atoms with Crippen molar-refractivity contribution in [2.24, 2.45) is 5.41 Å². The average Bonchev–Trinajstić information content (AvgIpc) is 3.15. The lowest BCUT2D eigenvalue weighted by atomic mass is 9.76. The van der Waals surface area contributed by atoms with E-state index in [0.29, 0.717) is 23.8 Å². The Kier molecular flexibility index (Phi) is 12.4.